The maximum absolute atomic E-state index is 12.5. The van der Waals surface area contributed by atoms with Gasteiger partial charge in [0.15, 0.2) is 0 Å². The van der Waals surface area contributed by atoms with Crippen LogP contribution in [0.2, 0.25) is 10.0 Å². The van der Waals surface area contributed by atoms with Gasteiger partial charge in [-0.3, -0.25) is 0 Å². The highest BCUT2D eigenvalue weighted by Crippen LogP contribution is 2.24. The summed E-state index contributed by atoms with van der Waals surface area (Å²) in [6.45, 7) is 0.875. The van der Waals surface area contributed by atoms with E-state index < -0.39 is 0 Å². The molecule has 4 nitrogen and oxygen atoms in total. The van der Waals surface area contributed by atoms with Crippen LogP contribution in [0.4, 0.5) is 4.79 Å². The summed E-state index contributed by atoms with van der Waals surface area (Å²) in [5.74, 6) is 0. The summed E-state index contributed by atoms with van der Waals surface area (Å²) in [4.78, 5) is 14.3. The lowest BCUT2D eigenvalue weighted by Crippen LogP contribution is -2.47. The molecule has 1 saturated carbocycles. The van der Waals surface area contributed by atoms with Gasteiger partial charge in [-0.25, -0.2) is 4.79 Å². The number of nitriles is 1. The highest BCUT2D eigenvalue weighted by atomic mass is 35.5. The third-order valence-electron chi connectivity index (χ3n) is 4.17. The Balaban J connectivity index is 1.96. The van der Waals surface area contributed by atoms with Gasteiger partial charge in [-0.2, -0.15) is 5.26 Å². The summed E-state index contributed by atoms with van der Waals surface area (Å²) in [6.07, 6.45) is 5.92. The lowest BCUT2D eigenvalue weighted by atomic mass is 9.94. The Labute approximate surface area is 147 Å². The first-order valence-corrected chi connectivity index (χ1v) is 8.72. The number of carbonyl (C=O) groups excluding carboxylic acids is 1. The molecule has 6 heteroatoms. The number of hydrogen-bond acceptors (Lipinski definition) is 2. The standard InChI is InChI=1S/C17H21Cl2N3O/c18-15-8-7-13(11-16(15)19)12-21-17(23)22(10-4-9-20)14-5-2-1-3-6-14/h7-8,11,14H,1-6,10,12H2,(H,21,23). The first-order chi connectivity index (χ1) is 11.1. The van der Waals surface area contributed by atoms with Crippen LogP contribution < -0.4 is 5.32 Å². The van der Waals surface area contributed by atoms with Crippen LogP contribution in [0.1, 0.15) is 44.1 Å². The number of benzene rings is 1. The number of carbonyl (C=O) groups is 1. The van der Waals surface area contributed by atoms with Crippen molar-refractivity contribution in [1.82, 2.24) is 10.2 Å². The minimum atomic E-state index is -0.113. The zero-order valence-electron chi connectivity index (χ0n) is 13.0. The van der Waals surface area contributed by atoms with Crippen LogP contribution in [0, 0.1) is 11.3 Å². The second kappa shape index (κ2) is 9.00. The molecular weight excluding hydrogens is 333 g/mol. The average Bonchev–Trinajstić information content (AvgIpc) is 2.57. The van der Waals surface area contributed by atoms with Crippen molar-refractivity contribution in [2.75, 3.05) is 6.54 Å². The molecule has 0 radical (unpaired) electrons. The van der Waals surface area contributed by atoms with Crippen molar-refractivity contribution in [3.63, 3.8) is 0 Å². The number of amides is 2. The van der Waals surface area contributed by atoms with Crippen molar-refractivity contribution in [2.24, 2.45) is 0 Å². The average molecular weight is 354 g/mol. The Kier molecular flexibility index (Phi) is 7.01. The molecule has 0 aromatic heterocycles. The molecule has 1 fully saturated rings. The van der Waals surface area contributed by atoms with Gasteiger partial charge in [-0.1, -0.05) is 48.5 Å². The molecule has 0 aliphatic heterocycles. The second-order valence-corrected chi connectivity index (χ2v) is 6.61. The Hall–Kier alpha value is -1.44. The topological polar surface area (TPSA) is 56.1 Å². The van der Waals surface area contributed by atoms with Crippen LogP contribution in [0.25, 0.3) is 0 Å². The predicted octanol–water partition coefficient (Wildman–Crippen LogP) is 4.75. The quantitative estimate of drug-likeness (QED) is 0.829. The molecule has 0 heterocycles. The summed E-state index contributed by atoms with van der Waals surface area (Å²) >= 11 is 11.9. The predicted molar refractivity (Wildman–Crippen MR) is 92.5 cm³/mol. The SMILES string of the molecule is N#CCCN(C(=O)NCc1ccc(Cl)c(Cl)c1)C1CCCCC1. The van der Waals surface area contributed by atoms with Gasteiger partial charge in [-0.05, 0) is 30.5 Å². The zero-order chi connectivity index (χ0) is 16.7. The molecule has 124 valence electrons. The maximum Gasteiger partial charge on any atom is 0.317 e. The third-order valence-corrected chi connectivity index (χ3v) is 4.91. The summed E-state index contributed by atoms with van der Waals surface area (Å²) in [5, 5.41) is 12.7. The lowest BCUT2D eigenvalue weighted by Gasteiger charge is -2.34. The molecule has 1 aromatic rings. The molecule has 0 atom stereocenters. The van der Waals surface area contributed by atoms with E-state index in [0.717, 1.165) is 31.2 Å². The first kappa shape index (κ1) is 17.9. The molecule has 1 aliphatic carbocycles. The fourth-order valence-corrected chi connectivity index (χ4v) is 3.26. The van der Waals surface area contributed by atoms with Gasteiger partial charge < -0.3 is 10.2 Å². The third kappa shape index (κ3) is 5.30. The normalized spacial score (nSPS) is 15.0. The molecule has 1 aliphatic rings. The van der Waals surface area contributed by atoms with Gasteiger partial charge in [0.2, 0.25) is 0 Å². The molecular formula is C17H21Cl2N3O. The van der Waals surface area contributed by atoms with E-state index in [2.05, 4.69) is 11.4 Å². The van der Waals surface area contributed by atoms with Crippen LogP contribution in [0.3, 0.4) is 0 Å². The van der Waals surface area contributed by atoms with E-state index in [0.29, 0.717) is 29.6 Å². The molecule has 1 N–H and O–H groups in total. The Bertz CT molecular complexity index is 580. The number of nitrogens with zero attached hydrogens (tertiary/aromatic N) is 2. The maximum atomic E-state index is 12.5. The van der Waals surface area contributed by atoms with Gasteiger partial charge >= 0.3 is 6.03 Å². The van der Waals surface area contributed by atoms with Gasteiger partial charge in [0.1, 0.15) is 0 Å². The van der Waals surface area contributed by atoms with Gasteiger partial charge in [-0.15, -0.1) is 0 Å². The Morgan fingerprint density at radius 2 is 2.00 bits per heavy atom. The molecule has 2 amide bonds. The van der Waals surface area contributed by atoms with E-state index >= 15 is 0 Å². The summed E-state index contributed by atoms with van der Waals surface area (Å²) in [6, 6.07) is 7.57. The largest absolute Gasteiger partial charge is 0.334 e. The number of nitrogens with one attached hydrogen (secondary N) is 1. The molecule has 2 rings (SSSR count). The van der Waals surface area contributed by atoms with Crippen molar-refractivity contribution < 1.29 is 4.79 Å². The fourth-order valence-electron chi connectivity index (χ4n) is 2.94. The molecule has 0 spiro atoms. The molecule has 1 aromatic carbocycles. The number of urea groups is 1. The molecule has 0 bridgehead atoms. The van der Waals surface area contributed by atoms with E-state index in [1.165, 1.54) is 6.42 Å². The molecule has 0 unspecified atom stereocenters. The van der Waals surface area contributed by atoms with E-state index in [-0.39, 0.29) is 12.1 Å². The van der Waals surface area contributed by atoms with Gasteiger partial charge in [0.05, 0.1) is 22.5 Å². The van der Waals surface area contributed by atoms with E-state index in [1.807, 2.05) is 11.0 Å². The summed E-state index contributed by atoms with van der Waals surface area (Å²) < 4.78 is 0. The van der Waals surface area contributed by atoms with Crippen LogP contribution in [-0.2, 0) is 6.54 Å². The van der Waals surface area contributed by atoms with Crippen molar-refractivity contribution in [3.05, 3.63) is 33.8 Å². The number of hydrogen-bond donors (Lipinski definition) is 1. The number of halogens is 2. The summed E-state index contributed by atoms with van der Waals surface area (Å²) in [5.41, 5.74) is 0.900. The fraction of sp³-hybridized carbons (Fsp3) is 0.529. The molecule has 0 saturated heterocycles. The molecule has 23 heavy (non-hydrogen) atoms. The zero-order valence-corrected chi connectivity index (χ0v) is 14.5. The van der Waals surface area contributed by atoms with Crippen LogP contribution in [0.15, 0.2) is 18.2 Å². The highest BCUT2D eigenvalue weighted by molar-refractivity contribution is 6.42. The minimum absolute atomic E-state index is 0.113. The van der Waals surface area contributed by atoms with Gasteiger partial charge in [0.25, 0.3) is 0 Å². The summed E-state index contributed by atoms with van der Waals surface area (Å²) in [7, 11) is 0. The lowest BCUT2D eigenvalue weighted by molar-refractivity contribution is 0.157. The highest BCUT2D eigenvalue weighted by Gasteiger charge is 2.24. The van der Waals surface area contributed by atoms with Crippen molar-refractivity contribution in [2.45, 2.75) is 51.1 Å². The van der Waals surface area contributed by atoms with Crippen molar-refractivity contribution >= 4 is 29.2 Å². The van der Waals surface area contributed by atoms with E-state index in [1.54, 1.807) is 12.1 Å². The van der Waals surface area contributed by atoms with Crippen molar-refractivity contribution in [1.29, 1.82) is 5.26 Å². The minimum Gasteiger partial charge on any atom is -0.334 e. The van der Waals surface area contributed by atoms with Crippen LogP contribution >= 0.6 is 23.2 Å². The van der Waals surface area contributed by atoms with E-state index in [9.17, 15) is 4.79 Å². The Morgan fingerprint density at radius 1 is 1.26 bits per heavy atom. The Morgan fingerprint density at radius 3 is 2.65 bits per heavy atom. The van der Waals surface area contributed by atoms with Crippen LogP contribution in [-0.4, -0.2) is 23.5 Å². The first-order valence-electron chi connectivity index (χ1n) is 7.97. The second-order valence-electron chi connectivity index (χ2n) is 5.80. The van der Waals surface area contributed by atoms with Crippen LogP contribution in [0.5, 0.6) is 0 Å². The van der Waals surface area contributed by atoms with E-state index in [4.69, 9.17) is 28.5 Å². The van der Waals surface area contributed by atoms with Gasteiger partial charge in [0, 0.05) is 19.1 Å². The number of rotatable bonds is 5. The smallest absolute Gasteiger partial charge is 0.317 e. The monoisotopic (exact) mass is 353 g/mol. The van der Waals surface area contributed by atoms with Crippen molar-refractivity contribution in [3.8, 4) is 6.07 Å².